The molecule has 30 heavy (non-hydrogen) atoms. The third-order valence-electron chi connectivity index (χ3n) is 4.57. The van der Waals surface area contributed by atoms with Gasteiger partial charge in [0, 0.05) is 0 Å². The van der Waals surface area contributed by atoms with E-state index in [1.807, 2.05) is 32.3 Å². The fourth-order valence-corrected chi connectivity index (χ4v) is 2.87. The Balaban J connectivity index is 0.000000404. The molecule has 3 rings (SSSR count). The molecule has 3 aromatic carbocycles. The van der Waals surface area contributed by atoms with Gasteiger partial charge in [0.05, 0.1) is 0 Å². The molecule has 164 valence electrons. The van der Waals surface area contributed by atoms with Crippen LogP contribution in [0.25, 0.3) is 0 Å². The zero-order valence-electron chi connectivity index (χ0n) is 19.5. The van der Waals surface area contributed by atoms with E-state index in [4.69, 9.17) is 0 Å². The molecule has 0 N–H and O–H groups in total. The number of aryl methyl sites for hydroxylation is 2. The summed E-state index contributed by atoms with van der Waals surface area (Å²) < 4.78 is 0. The summed E-state index contributed by atoms with van der Waals surface area (Å²) in [6.45, 7) is 8.35. The fourth-order valence-electron chi connectivity index (χ4n) is 2.87. The van der Waals surface area contributed by atoms with Crippen LogP contribution < -0.4 is 4.90 Å². The molecule has 0 atom stereocenters. The molecule has 0 heterocycles. The van der Waals surface area contributed by atoms with E-state index >= 15 is 0 Å². The van der Waals surface area contributed by atoms with Crippen molar-refractivity contribution in [2.45, 2.75) is 52.4 Å². The normalized spacial score (nSPS) is 9.17. The molecular formula is C28H40NTi-3. The first-order valence-electron chi connectivity index (χ1n) is 10.9. The first kappa shape index (κ1) is 28.2. The van der Waals surface area contributed by atoms with Gasteiger partial charge in [0.25, 0.3) is 0 Å². The van der Waals surface area contributed by atoms with Gasteiger partial charge in [-0.15, -0.1) is 6.07 Å². The van der Waals surface area contributed by atoms with Gasteiger partial charge in [0.2, 0.25) is 0 Å². The molecule has 3 aromatic rings. The molecule has 0 fully saturated rings. The minimum atomic E-state index is 1.08. The number of unbranched alkanes of at least 4 members (excludes halogenated alkanes) is 2. The molecule has 0 unspecified atom stereocenters. The van der Waals surface area contributed by atoms with Gasteiger partial charge in [-0.05, 0) is 14.1 Å². The molecule has 1 nitrogen and oxygen atoms in total. The molecule has 0 amide bonds. The van der Waals surface area contributed by atoms with Crippen LogP contribution in [0, 0.1) is 6.92 Å². The molecule has 0 spiro atoms. The average molecular weight is 439 g/mol. The van der Waals surface area contributed by atoms with Gasteiger partial charge in [-0.3, -0.25) is 0 Å². The second-order valence-corrected chi connectivity index (χ2v) is 7.32. The van der Waals surface area contributed by atoms with Crippen LogP contribution in [0.2, 0.25) is 0 Å². The number of rotatable bonds is 7. The molecule has 0 saturated carbocycles. The zero-order valence-corrected chi connectivity index (χ0v) is 21.1. The van der Waals surface area contributed by atoms with Crippen LogP contribution in [0.15, 0.2) is 72.8 Å². The monoisotopic (exact) mass is 438 g/mol. The Kier molecular flexibility index (Phi) is 18.0. The Labute approximate surface area is 197 Å². The van der Waals surface area contributed by atoms with Crippen molar-refractivity contribution < 1.29 is 20.0 Å². The molecule has 0 aromatic heterocycles. The second kappa shape index (κ2) is 19.2. The van der Waals surface area contributed by atoms with E-state index in [9.17, 15) is 0 Å². The predicted molar refractivity (Wildman–Crippen MR) is 134 cm³/mol. The van der Waals surface area contributed by atoms with Crippen molar-refractivity contribution >= 4 is 10.5 Å². The molecular weight excluding hydrogens is 398 g/mol. The van der Waals surface area contributed by atoms with Crippen molar-refractivity contribution in [1.29, 1.82) is 0 Å². The zero-order chi connectivity index (χ0) is 22.6. The molecule has 0 aliphatic heterocycles. The van der Waals surface area contributed by atoms with Gasteiger partial charge in [0.15, 0.2) is 0 Å². The number of hydrogen-bond donors (Lipinski definition) is 0. The maximum atomic E-state index is 3.90. The summed E-state index contributed by atoms with van der Waals surface area (Å²) in [4.78, 5) is 5.31. The van der Waals surface area contributed by atoms with Crippen molar-refractivity contribution in [3.63, 3.8) is 0 Å². The number of nitrogens with zero attached hydrogens (tertiary/aromatic N) is 1. The van der Waals surface area contributed by atoms with Crippen LogP contribution in [0.1, 0.15) is 56.2 Å². The van der Waals surface area contributed by atoms with Crippen molar-refractivity contribution in [3.05, 3.63) is 96.4 Å². The quantitative estimate of drug-likeness (QED) is 0.274. The number of anilines is 1. The maximum absolute atomic E-state index is 3.90. The van der Waals surface area contributed by atoms with Crippen LogP contribution in [-0.4, -0.2) is 18.9 Å². The van der Waals surface area contributed by atoms with E-state index in [2.05, 4.69) is 85.1 Å². The van der Waals surface area contributed by atoms with E-state index in [0.29, 0.717) is 0 Å². The Morgan fingerprint density at radius 2 is 1.17 bits per heavy atom. The Morgan fingerprint density at radius 3 is 1.47 bits per heavy atom. The molecule has 0 aliphatic carbocycles. The summed E-state index contributed by atoms with van der Waals surface area (Å²) in [5.41, 5.74) is 5.23. The third kappa shape index (κ3) is 13.4. The van der Waals surface area contributed by atoms with Gasteiger partial charge < -0.3 is 4.90 Å². The van der Waals surface area contributed by atoms with Crippen LogP contribution >= 0.6 is 0 Å². The summed E-state index contributed by atoms with van der Waals surface area (Å²) in [6, 6.07) is 25.2. The summed E-state index contributed by atoms with van der Waals surface area (Å²) in [5.74, 6) is 0. The minimum absolute atomic E-state index is 1.08. The van der Waals surface area contributed by atoms with Crippen LogP contribution in [0.5, 0.6) is 0 Å². The van der Waals surface area contributed by atoms with Crippen LogP contribution in [0.4, 0.5) is 5.69 Å². The van der Waals surface area contributed by atoms with Gasteiger partial charge in [-0.2, -0.15) is 53.9 Å². The van der Waals surface area contributed by atoms with Crippen molar-refractivity contribution in [2.75, 3.05) is 19.0 Å². The Morgan fingerprint density at radius 1 is 0.767 bits per heavy atom. The van der Waals surface area contributed by atoms with E-state index < -0.39 is 0 Å². The van der Waals surface area contributed by atoms with E-state index in [1.54, 1.807) is 20.0 Å². The summed E-state index contributed by atoms with van der Waals surface area (Å²) in [6.07, 6.45) is 7.75. The fraction of sp³-hybridized carbons (Fsp3) is 0.357. The van der Waals surface area contributed by atoms with Gasteiger partial charge >= 0.3 is 24.8 Å². The molecule has 0 radical (unpaired) electrons. The Bertz CT molecular complexity index is 673. The van der Waals surface area contributed by atoms with Crippen molar-refractivity contribution in [3.8, 4) is 0 Å². The van der Waals surface area contributed by atoms with Crippen molar-refractivity contribution in [1.82, 2.24) is 0 Å². The van der Waals surface area contributed by atoms with E-state index in [1.165, 1.54) is 55.3 Å². The van der Waals surface area contributed by atoms with Gasteiger partial charge in [-0.25, -0.2) is 24.3 Å². The molecule has 0 aliphatic rings. The predicted octanol–water partition coefficient (Wildman–Crippen LogP) is 7.40. The second-order valence-electron chi connectivity index (χ2n) is 7.32. The number of hydrogen-bond acceptors (Lipinski definition) is 1. The summed E-state index contributed by atoms with van der Waals surface area (Å²) in [5, 5.41) is 0. The van der Waals surface area contributed by atoms with Gasteiger partial charge in [-0.1, -0.05) is 70.2 Å². The number of benzene rings is 1. The number of para-hydroxylation sites is 1. The molecule has 2 heteroatoms. The van der Waals surface area contributed by atoms with Gasteiger partial charge in [0.1, 0.15) is 0 Å². The van der Waals surface area contributed by atoms with E-state index in [0.717, 1.165) is 5.56 Å². The first-order chi connectivity index (χ1) is 14.6. The van der Waals surface area contributed by atoms with Crippen LogP contribution in [0.3, 0.4) is 0 Å². The first-order valence-corrected chi connectivity index (χ1v) is 12.0. The molecule has 0 saturated heterocycles. The SMILES string of the molecule is CCCC[c-]1cccc1.CCCC[c-]1cccc1.[CH2-]c1ccccc1N(C)C.[CH2]=[Ti]. The topological polar surface area (TPSA) is 3.24 Å². The van der Waals surface area contributed by atoms with E-state index in [-0.39, 0.29) is 0 Å². The third-order valence-corrected chi connectivity index (χ3v) is 4.57. The standard InChI is InChI=1S/C9H12N.2C9H13.CH2.Ti/c1-8-6-4-5-7-9(8)10(2)3;2*1-2-3-6-9-7-4-5-8-9;;/h4-7H,1H2,2-3H3;2*4-5,7-8H,2-3,6H2,1H3;1H2;/q3*-1;;. The summed E-state index contributed by atoms with van der Waals surface area (Å²) in [7, 11) is 4.04. The molecule has 0 bridgehead atoms. The van der Waals surface area contributed by atoms with Crippen molar-refractivity contribution in [2.24, 2.45) is 0 Å². The average Bonchev–Trinajstić information content (AvgIpc) is 3.47. The summed E-state index contributed by atoms with van der Waals surface area (Å²) >= 11 is 1.75. The Hall–Kier alpha value is -1.83. The van der Waals surface area contributed by atoms with Crippen LogP contribution in [-0.2, 0) is 32.8 Å².